The van der Waals surface area contributed by atoms with Crippen LogP contribution >= 0.6 is 0 Å². The van der Waals surface area contributed by atoms with E-state index in [1.807, 2.05) is 6.92 Å². The Morgan fingerprint density at radius 3 is 2.37 bits per heavy atom. The molecule has 2 amide bonds. The number of rotatable bonds is 12. The molecule has 0 heterocycles. The lowest BCUT2D eigenvalue weighted by Gasteiger charge is -2.60. The first-order chi connectivity index (χ1) is 21.5. The second-order valence-corrected chi connectivity index (χ2v) is 14.4. The molecular formula is C33H48N2O11. The van der Waals surface area contributed by atoms with Gasteiger partial charge in [0.15, 0.2) is 12.4 Å². The molecule has 4 rings (SSSR count). The Bertz CT molecular complexity index is 1300. The number of amides is 2. The van der Waals surface area contributed by atoms with Crippen molar-refractivity contribution in [3.8, 4) is 0 Å². The quantitative estimate of drug-likeness (QED) is 0.163. The molecule has 13 heteroatoms. The molecule has 0 bridgehead atoms. The van der Waals surface area contributed by atoms with Crippen LogP contribution < -0.4 is 10.6 Å². The van der Waals surface area contributed by atoms with Crippen molar-refractivity contribution in [2.24, 2.45) is 34.5 Å². The van der Waals surface area contributed by atoms with E-state index in [1.54, 1.807) is 19.9 Å². The van der Waals surface area contributed by atoms with Gasteiger partial charge in [-0.3, -0.25) is 24.0 Å². The summed E-state index contributed by atoms with van der Waals surface area (Å²) in [5, 5.41) is 46.2. The fourth-order valence-electron chi connectivity index (χ4n) is 8.93. The van der Waals surface area contributed by atoms with Gasteiger partial charge in [-0.2, -0.15) is 0 Å². The molecule has 0 aliphatic heterocycles. The predicted molar refractivity (Wildman–Crippen MR) is 162 cm³/mol. The summed E-state index contributed by atoms with van der Waals surface area (Å²) >= 11 is 0. The maximum absolute atomic E-state index is 13.5. The Morgan fingerprint density at radius 2 is 1.74 bits per heavy atom. The zero-order valence-corrected chi connectivity index (χ0v) is 27.0. The van der Waals surface area contributed by atoms with Crippen LogP contribution in [0.5, 0.6) is 0 Å². The molecule has 13 nitrogen and oxygen atoms in total. The first kappa shape index (κ1) is 35.7. The molecule has 0 unspecified atom stereocenters. The number of hydrogen-bond acceptors (Lipinski definition) is 10. The number of carbonyl (C=O) groups is 6. The number of aliphatic hydroxyl groups excluding tert-OH is 2. The summed E-state index contributed by atoms with van der Waals surface area (Å²) in [5.74, 6) is -4.76. The van der Waals surface area contributed by atoms with Gasteiger partial charge in [0.2, 0.25) is 17.6 Å². The number of esters is 1. The first-order valence-electron chi connectivity index (χ1n) is 16.2. The number of hydrogen-bond donors (Lipinski definition) is 6. The fourth-order valence-corrected chi connectivity index (χ4v) is 8.93. The van der Waals surface area contributed by atoms with Crippen molar-refractivity contribution in [1.29, 1.82) is 0 Å². The second-order valence-electron chi connectivity index (χ2n) is 14.4. The standard InChI is InChI=1S/C33H48N2O11/c1-17(2)28(29(42)34-22(15-36)30(43)44)35-25(40)7-8-26(41)46-16-24(39)33(45)12-10-21-20-6-5-18-13-19(37)9-11-31(18,3)27(20)23(38)14-32(21,33)4/h13,17,20-23,27-28,36,38,45H,5-12,14-16H2,1-4H3,(H,34,42)(H,35,40)(H,43,44)/t20-,21-,22+,23-,27+,28-,31-,32-,33-/m0/s1. The molecule has 4 aliphatic rings. The van der Waals surface area contributed by atoms with Crippen LogP contribution in [0, 0.1) is 34.5 Å². The molecule has 256 valence electrons. The number of carboxylic acid groups (broad SMARTS) is 1. The maximum atomic E-state index is 13.5. The van der Waals surface area contributed by atoms with Crippen LogP contribution in [0.25, 0.3) is 0 Å². The monoisotopic (exact) mass is 648 g/mol. The topological polar surface area (TPSA) is 217 Å². The molecule has 4 aliphatic carbocycles. The Kier molecular flexibility index (Phi) is 10.5. The maximum Gasteiger partial charge on any atom is 0.328 e. The van der Waals surface area contributed by atoms with Gasteiger partial charge in [0.05, 0.1) is 19.1 Å². The van der Waals surface area contributed by atoms with Crippen LogP contribution in [0.15, 0.2) is 11.6 Å². The Labute approximate surface area is 268 Å². The number of allylic oxidation sites excluding steroid dienone is 1. The van der Waals surface area contributed by atoms with Gasteiger partial charge in [0.1, 0.15) is 17.7 Å². The number of Topliss-reactive ketones (excluding diaryl/α,β-unsaturated/α-hetero) is 1. The van der Waals surface area contributed by atoms with Crippen molar-refractivity contribution in [2.75, 3.05) is 13.2 Å². The van der Waals surface area contributed by atoms with Crippen molar-refractivity contribution in [1.82, 2.24) is 10.6 Å². The summed E-state index contributed by atoms with van der Waals surface area (Å²) in [4.78, 5) is 74.2. The average molecular weight is 649 g/mol. The largest absolute Gasteiger partial charge is 0.480 e. The van der Waals surface area contributed by atoms with E-state index in [0.717, 1.165) is 18.4 Å². The zero-order valence-electron chi connectivity index (χ0n) is 27.0. The molecular weight excluding hydrogens is 600 g/mol. The Morgan fingerprint density at radius 1 is 1.04 bits per heavy atom. The molecule has 6 N–H and O–H groups in total. The van der Waals surface area contributed by atoms with Crippen molar-refractivity contribution >= 4 is 35.3 Å². The molecule has 3 saturated carbocycles. The number of ketones is 2. The van der Waals surface area contributed by atoms with E-state index in [4.69, 9.17) is 14.9 Å². The average Bonchev–Trinajstić information content (AvgIpc) is 3.26. The second kappa shape index (κ2) is 13.5. The van der Waals surface area contributed by atoms with Crippen molar-refractivity contribution in [3.63, 3.8) is 0 Å². The number of fused-ring (bicyclic) bond motifs is 5. The van der Waals surface area contributed by atoms with Gasteiger partial charge in [0, 0.05) is 18.3 Å². The predicted octanol–water partition coefficient (Wildman–Crippen LogP) is 0.815. The highest BCUT2D eigenvalue weighted by molar-refractivity contribution is 5.93. The van der Waals surface area contributed by atoms with E-state index in [-0.39, 0.29) is 48.2 Å². The minimum absolute atomic E-state index is 0.0282. The van der Waals surface area contributed by atoms with E-state index in [1.165, 1.54) is 0 Å². The molecule has 0 saturated heterocycles. The molecule has 0 radical (unpaired) electrons. The third kappa shape index (κ3) is 6.50. The van der Waals surface area contributed by atoms with E-state index >= 15 is 0 Å². The summed E-state index contributed by atoms with van der Waals surface area (Å²) < 4.78 is 5.18. The zero-order chi connectivity index (χ0) is 34.2. The SMILES string of the molecule is CC(C)[C@H](NC(=O)CCC(=O)OCC(=O)[C@@]1(O)CC[C@H]2[C@@H]3CCC4=CC(=O)CC[C@]4(C)[C@H]3[C@@H](O)C[C@@]21C)C(=O)N[C@H](CO)C(=O)O. The van der Waals surface area contributed by atoms with Gasteiger partial charge in [-0.25, -0.2) is 4.79 Å². The van der Waals surface area contributed by atoms with E-state index in [9.17, 15) is 39.0 Å². The summed E-state index contributed by atoms with van der Waals surface area (Å²) in [6, 6.07) is -2.66. The highest BCUT2D eigenvalue weighted by Crippen LogP contribution is 2.67. The molecule has 0 aromatic heterocycles. The third-order valence-corrected chi connectivity index (χ3v) is 11.5. The number of aliphatic carboxylic acids is 1. The van der Waals surface area contributed by atoms with Gasteiger partial charge >= 0.3 is 11.9 Å². The van der Waals surface area contributed by atoms with E-state index in [0.29, 0.717) is 19.3 Å². The van der Waals surface area contributed by atoms with Crippen LogP contribution in [0.2, 0.25) is 0 Å². The normalized spacial score (nSPS) is 34.7. The number of ether oxygens (including phenoxy) is 1. The first-order valence-corrected chi connectivity index (χ1v) is 16.2. The summed E-state index contributed by atoms with van der Waals surface area (Å²) in [6.07, 6.45) is 3.81. The van der Waals surface area contributed by atoms with Crippen molar-refractivity contribution in [2.45, 2.75) is 109 Å². The number of carbonyl (C=O) groups excluding carboxylic acids is 5. The van der Waals surface area contributed by atoms with E-state index in [2.05, 4.69) is 17.6 Å². The van der Waals surface area contributed by atoms with Crippen LogP contribution in [-0.2, 0) is 33.5 Å². The highest BCUT2D eigenvalue weighted by Gasteiger charge is 2.68. The van der Waals surface area contributed by atoms with Gasteiger partial charge in [-0.1, -0.05) is 33.3 Å². The molecule has 0 aromatic carbocycles. The number of nitrogens with one attached hydrogen (secondary N) is 2. The molecule has 3 fully saturated rings. The molecule has 9 atom stereocenters. The Hall–Kier alpha value is -3.16. The molecule has 46 heavy (non-hydrogen) atoms. The number of aliphatic hydroxyl groups is 3. The van der Waals surface area contributed by atoms with Crippen LogP contribution in [0.3, 0.4) is 0 Å². The fraction of sp³-hybridized carbons (Fsp3) is 0.758. The number of carboxylic acids is 1. The molecule has 0 aromatic rings. The Balaban J connectivity index is 1.33. The smallest absolute Gasteiger partial charge is 0.328 e. The van der Waals surface area contributed by atoms with Crippen molar-refractivity contribution < 1.29 is 53.9 Å². The van der Waals surface area contributed by atoms with Gasteiger partial charge < -0.3 is 35.8 Å². The molecule has 0 spiro atoms. The van der Waals surface area contributed by atoms with Crippen LogP contribution in [-0.4, -0.2) is 92.7 Å². The van der Waals surface area contributed by atoms with Crippen molar-refractivity contribution in [3.05, 3.63) is 11.6 Å². The highest BCUT2D eigenvalue weighted by atomic mass is 16.5. The van der Waals surface area contributed by atoms with Gasteiger partial charge in [0.25, 0.3) is 0 Å². The summed E-state index contributed by atoms with van der Waals surface area (Å²) in [6.45, 7) is 5.71. The van der Waals surface area contributed by atoms with Gasteiger partial charge in [-0.15, -0.1) is 0 Å². The lowest BCUT2D eigenvalue weighted by atomic mass is 9.45. The minimum Gasteiger partial charge on any atom is -0.480 e. The summed E-state index contributed by atoms with van der Waals surface area (Å²) in [5.41, 5.74) is -1.94. The lowest BCUT2D eigenvalue weighted by molar-refractivity contribution is -0.184. The minimum atomic E-state index is -1.80. The van der Waals surface area contributed by atoms with E-state index < -0.39 is 84.3 Å². The van der Waals surface area contributed by atoms with Crippen LogP contribution in [0.1, 0.15) is 85.5 Å². The summed E-state index contributed by atoms with van der Waals surface area (Å²) in [7, 11) is 0. The lowest BCUT2D eigenvalue weighted by Crippen LogP contribution is -2.62. The third-order valence-electron chi connectivity index (χ3n) is 11.5. The van der Waals surface area contributed by atoms with Gasteiger partial charge in [-0.05, 0) is 73.7 Å². The van der Waals surface area contributed by atoms with Crippen LogP contribution in [0.4, 0.5) is 0 Å².